The zero-order valence-electron chi connectivity index (χ0n) is 17.2. The van der Waals surface area contributed by atoms with E-state index in [9.17, 15) is 4.79 Å². The average Bonchev–Trinajstić information content (AvgIpc) is 3.39. The summed E-state index contributed by atoms with van der Waals surface area (Å²) >= 11 is 0. The van der Waals surface area contributed by atoms with Gasteiger partial charge in [0.1, 0.15) is 5.69 Å². The highest BCUT2D eigenvalue weighted by Crippen LogP contribution is 2.09. The molecule has 0 saturated heterocycles. The summed E-state index contributed by atoms with van der Waals surface area (Å²) in [4.78, 5) is 20.1. The Kier molecular flexibility index (Phi) is 6.45. The third kappa shape index (κ3) is 4.60. The van der Waals surface area contributed by atoms with Gasteiger partial charge in [-0.1, -0.05) is 17.3 Å². The summed E-state index contributed by atoms with van der Waals surface area (Å²) in [5.74, 6) is 0.293. The van der Waals surface area contributed by atoms with Crippen molar-refractivity contribution < 1.29 is 10.0 Å². The fourth-order valence-corrected chi connectivity index (χ4v) is 2.61. The first-order valence-corrected chi connectivity index (χ1v) is 8.99. The molecule has 13 heteroatoms. The highest BCUT2D eigenvalue weighted by Gasteiger charge is 2.19. The number of aromatic nitrogens is 10. The molecule has 0 spiro atoms. The van der Waals surface area contributed by atoms with Crippen LogP contribution in [0.25, 0.3) is 0 Å². The molecule has 1 N–H and O–H groups in total. The fraction of sp³-hybridized carbons (Fsp3) is 0.222. The van der Waals surface area contributed by atoms with E-state index in [1.54, 1.807) is 32.6 Å². The first-order valence-electron chi connectivity index (χ1n) is 8.99. The quantitative estimate of drug-likeness (QED) is 0.210. The normalized spacial score (nSPS) is 11.0. The number of pyridine rings is 2. The Labute approximate surface area is 176 Å². The van der Waals surface area contributed by atoms with Gasteiger partial charge in [0.2, 0.25) is 17.4 Å². The number of tetrazole rings is 2. The van der Waals surface area contributed by atoms with E-state index < -0.39 is 0 Å². The summed E-state index contributed by atoms with van der Waals surface area (Å²) < 4.78 is 2.75. The molecule has 13 nitrogen and oxygen atoms in total. The van der Waals surface area contributed by atoms with Crippen molar-refractivity contribution in [2.75, 3.05) is 0 Å². The molecule has 0 unspecified atom stereocenters. The molecule has 0 fully saturated rings. The Morgan fingerprint density at radius 2 is 1.39 bits per heavy atom. The Morgan fingerprint density at radius 3 is 1.84 bits per heavy atom. The largest absolute Gasteiger partial charge is 0.410 e. The molecule has 0 aliphatic heterocycles. The lowest BCUT2D eigenvalue weighted by molar-refractivity contribution is 0.102. The van der Waals surface area contributed by atoms with E-state index in [0.717, 1.165) is 11.1 Å². The third-order valence-corrected chi connectivity index (χ3v) is 4.21. The van der Waals surface area contributed by atoms with Gasteiger partial charge in [0.15, 0.2) is 5.71 Å². The summed E-state index contributed by atoms with van der Waals surface area (Å²) in [6, 6.07) is 7.28. The second kappa shape index (κ2) is 9.39. The van der Waals surface area contributed by atoms with Gasteiger partial charge in [0.05, 0.1) is 5.69 Å². The van der Waals surface area contributed by atoms with Crippen LogP contribution >= 0.6 is 0 Å². The maximum absolute atomic E-state index is 11.9. The lowest BCUT2D eigenvalue weighted by Crippen LogP contribution is -2.14. The zero-order chi connectivity index (χ0) is 22.4. The molecule has 158 valence electrons. The molecule has 4 aromatic heterocycles. The van der Waals surface area contributed by atoms with Gasteiger partial charge in [0, 0.05) is 26.5 Å². The van der Waals surface area contributed by atoms with Crippen molar-refractivity contribution in [3.8, 4) is 0 Å². The molecule has 0 amide bonds. The Bertz CT molecular complexity index is 1230. The Balaban J connectivity index is 0.000000176. The van der Waals surface area contributed by atoms with Gasteiger partial charge < -0.3 is 5.21 Å². The number of carbonyl (C=O) groups excluding carboxylic acids is 1. The highest BCUT2D eigenvalue weighted by atomic mass is 16.4. The second-order valence-electron chi connectivity index (χ2n) is 6.37. The summed E-state index contributed by atoms with van der Waals surface area (Å²) in [5.41, 5.74) is 2.90. The molecule has 4 heterocycles. The predicted octanol–water partition coefficient (Wildman–Crippen LogP) is 0.285. The lowest BCUT2D eigenvalue weighted by Gasteiger charge is -2.04. The van der Waals surface area contributed by atoms with E-state index in [2.05, 4.69) is 46.2 Å². The minimum atomic E-state index is -0.263. The molecular formula is C18H19N11O2. The molecule has 0 bridgehead atoms. The van der Waals surface area contributed by atoms with Crippen molar-refractivity contribution >= 4 is 11.5 Å². The van der Waals surface area contributed by atoms with E-state index in [4.69, 9.17) is 5.21 Å². The van der Waals surface area contributed by atoms with Crippen LogP contribution in [0.5, 0.6) is 0 Å². The number of aryl methyl sites for hydroxylation is 4. The number of carbonyl (C=O) groups is 1. The first-order chi connectivity index (χ1) is 14.9. The van der Waals surface area contributed by atoms with E-state index in [0.29, 0.717) is 17.2 Å². The number of hydrogen-bond donors (Lipinski definition) is 1. The van der Waals surface area contributed by atoms with Gasteiger partial charge in [-0.05, 0) is 58.0 Å². The highest BCUT2D eigenvalue weighted by molar-refractivity contribution is 6.09. The summed E-state index contributed by atoms with van der Waals surface area (Å²) in [6.07, 6.45) is 3.20. The van der Waals surface area contributed by atoms with Crippen LogP contribution in [-0.4, -0.2) is 67.1 Å². The van der Waals surface area contributed by atoms with Crippen LogP contribution in [0.4, 0.5) is 0 Å². The second-order valence-corrected chi connectivity index (χ2v) is 6.37. The third-order valence-electron chi connectivity index (χ3n) is 4.21. The van der Waals surface area contributed by atoms with E-state index in [-0.39, 0.29) is 17.3 Å². The van der Waals surface area contributed by atoms with E-state index in [1.807, 2.05) is 32.0 Å². The van der Waals surface area contributed by atoms with Crippen LogP contribution in [-0.2, 0) is 14.1 Å². The van der Waals surface area contributed by atoms with Crippen molar-refractivity contribution in [3.63, 3.8) is 0 Å². The van der Waals surface area contributed by atoms with Crippen molar-refractivity contribution in [2.24, 2.45) is 19.3 Å². The van der Waals surface area contributed by atoms with Crippen molar-refractivity contribution in [3.05, 3.63) is 70.8 Å². The molecule has 0 aliphatic rings. The minimum absolute atomic E-state index is 0.191. The van der Waals surface area contributed by atoms with Crippen LogP contribution in [0.1, 0.15) is 39.0 Å². The molecular weight excluding hydrogens is 402 g/mol. The smallest absolute Gasteiger partial charge is 0.250 e. The van der Waals surface area contributed by atoms with Gasteiger partial charge in [-0.25, -0.2) is 9.36 Å². The number of nitrogens with zero attached hydrogens (tertiary/aromatic N) is 11. The number of oxime groups is 1. The zero-order valence-corrected chi connectivity index (χ0v) is 17.2. The SMILES string of the molecule is Cc1cccnc1/C(=N\O)c1nnnn1C.Cc1cccnc1C(=O)c1nnnn1C. The number of ketones is 1. The van der Waals surface area contributed by atoms with E-state index >= 15 is 0 Å². The first kappa shape index (κ1) is 21.3. The standard InChI is InChI=1S/C9H10N6O.C9H9N5O/c1-6-4-3-5-10-7(6)8(12-16)9-11-13-14-15(9)2;1-6-4-3-5-10-7(6)8(15)9-11-12-13-14(9)2/h3-5,16H,1-2H3;3-5H,1-2H3/b12-8+;. The van der Waals surface area contributed by atoms with Gasteiger partial charge >= 0.3 is 0 Å². The van der Waals surface area contributed by atoms with Crippen LogP contribution in [0.2, 0.25) is 0 Å². The Morgan fingerprint density at radius 1 is 0.871 bits per heavy atom. The maximum Gasteiger partial charge on any atom is 0.250 e. The van der Waals surface area contributed by atoms with Crippen LogP contribution in [0.15, 0.2) is 41.8 Å². The van der Waals surface area contributed by atoms with Gasteiger partial charge in [-0.3, -0.25) is 14.8 Å². The van der Waals surface area contributed by atoms with Gasteiger partial charge in [-0.2, -0.15) is 0 Å². The molecule has 0 atom stereocenters. The van der Waals surface area contributed by atoms with Gasteiger partial charge in [-0.15, -0.1) is 10.2 Å². The monoisotopic (exact) mass is 421 g/mol. The molecule has 0 radical (unpaired) electrons. The molecule has 4 aromatic rings. The lowest BCUT2D eigenvalue weighted by atomic mass is 10.1. The van der Waals surface area contributed by atoms with Crippen molar-refractivity contribution in [2.45, 2.75) is 13.8 Å². The summed E-state index contributed by atoms with van der Waals surface area (Å²) in [5, 5.41) is 33.9. The summed E-state index contributed by atoms with van der Waals surface area (Å²) in [6.45, 7) is 3.70. The molecule has 4 rings (SSSR count). The summed E-state index contributed by atoms with van der Waals surface area (Å²) in [7, 11) is 3.28. The minimum Gasteiger partial charge on any atom is -0.410 e. The van der Waals surface area contributed by atoms with Crippen LogP contribution < -0.4 is 0 Å². The number of rotatable bonds is 4. The topological polar surface area (TPSA) is 163 Å². The fourth-order valence-electron chi connectivity index (χ4n) is 2.61. The molecule has 0 saturated carbocycles. The van der Waals surface area contributed by atoms with Gasteiger partial charge in [0.25, 0.3) is 0 Å². The predicted molar refractivity (Wildman–Crippen MR) is 106 cm³/mol. The number of hydrogen-bond acceptors (Lipinski definition) is 11. The van der Waals surface area contributed by atoms with Crippen molar-refractivity contribution in [1.29, 1.82) is 0 Å². The van der Waals surface area contributed by atoms with Crippen LogP contribution in [0, 0.1) is 13.8 Å². The average molecular weight is 421 g/mol. The molecule has 0 aromatic carbocycles. The van der Waals surface area contributed by atoms with Crippen LogP contribution in [0.3, 0.4) is 0 Å². The molecule has 0 aliphatic carbocycles. The van der Waals surface area contributed by atoms with E-state index in [1.165, 1.54) is 9.36 Å². The molecule has 31 heavy (non-hydrogen) atoms. The Hall–Kier alpha value is -4.42. The van der Waals surface area contributed by atoms with Crippen molar-refractivity contribution in [1.82, 2.24) is 50.4 Å². The maximum atomic E-state index is 11.9.